The highest BCUT2D eigenvalue weighted by atomic mass is 32.1. The Bertz CT molecular complexity index is 1870. The van der Waals surface area contributed by atoms with E-state index in [1.54, 1.807) is 22.7 Å². The first kappa shape index (κ1) is 27.7. The van der Waals surface area contributed by atoms with E-state index in [1.165, 1.54) is 0 Å². The van der Waals surface area contributed by atoms with E-state index in [0.717, 1.165) is 92.2 Å². The van der Waals surface area contributed by atoms with Gasteiger partial charge >= 0.3 is 0 Å². The Morgan fingerprint density at radius 1 is 0.795 bits per heavy atom. The van der Waals surface area contributed by atoms with Gasteiger partial charge < -0.3 is 10.6 Å². The van der Waals surface area contributed by atoms with Gasteiger partial charge in [-0.3, -0.25) is 9.59 Å². The molecule has 8 heteroatoms. The van der Waals surface area contributed by atoms with E-state index in [0.29, 0.717) is 12.8 Å². The van der Waals surface area contributed by atoms with E-state index in [2.05, 4.69) is 78.0 Å². The summed E-state index contributed by atoms with van der Waals surface area (Å²) in [6.45, 7) is 4.35. The third-order valence-corrected chi connectivity index (χ3v) is 12.5. The molecule has 2 aromatic carbocycles. The summed E-state index contributed by atoms with van der Waals surface area (Å²) in [5, 5.41) is 7.99. The summed E-state index contributed by atoms with van der Waals surface area (Å²) in [6.07, 6.45) is 5.18. The van der Waals surface area contributed by atoms with E-state index in [1.807, 2.05) is 17.6 Å². The average molecular weight is 619 g/mol. The molecule has 0 spiro atoms. The molecule has 4 aromatic rings. The highest BCUT2D eigenvalue weighted by Gasteiger charge is 2.52. The maximum absolute atomic E-state index is 14.9. The van der Waals surface area contributed by atoms with Crippen LogP contribution in [0.5, 0.6) is 0 Å². The van der Waals surface area contributed by atoms with E-state index < -0.39 is 10.8 Å². The Kier molecular flexibility index (Phi) is 6.50. The zero-order valence-corrected chi connectivity index (χ0v) is 26.5. The summed E-state index contributed by atoms with van der Waals surface area (Å²) in [6, 6.07) is 20.9. The molecule has 44 heavy (non-hydrogen) atoms. The molecule has 0 fully saturated rings. The van der Waals surface area contributed by atoms with Crippen molar-refractivity contribution in [1.82, 2.24) is 9.97 Å². The van der Waals surface area contributed by atoms with Crippen LogP contribution in [0.25, 0.3) is 0 Å². The van der Waals surface area contributed by atoms with E-state index >= 15 is 0 Å². The second-order valence-corrected chi connectivity index (χ2v) is 14.1. The van der Waals surface area contributed by atoms with Crippen LogP contribution >= 0.6 is 22.7 Å². The molecule has 222 valence electrons. The van der Waals surface area contributed by atoms with Gasteiger partial charge in [-0.05, 0) is 49.7 Å². The molecule has 4 aliphatic rings. The predicted molar refractivity (Wildman–Crippen MR) is 176 cm³/mol. The number of anilines is 2. The van der Waals surface area contributed by atoms with Gasteiger partial charge in [-0.2, -0.15) is 0 Å². The number of carbonyl (C=O) groups excluding carboxylic acids is 2. The van der Waals surface area contributed by atoms with Crippen LogP contribution in [0.3, 0.4) is 0 Å². The Balaban J connectivity index is 1.27. The molecule has 8 rings (SSSR count). The maximum atomic E-state index is 14.9. The van der Waals surface area contributed by atoms with Crippen LogP contribution in [0, 0.1) is 0 Å². The first-order valence-corrected chi connectivity index (χ1v) is 17.4. The Hall–Kier alpha value is -3.88. The number of Topliss-reactive ketones (excluding diaryl/α,β-unsaturated/α-hetero) is 2. The van der Waals surface area contributed by atoms with Crippen LogP contribution in [0.4, 0.5) is 11.6 Å². The molecule has 2 aliphatic carbocycles. The second-order valence-electron chi connectivity index (χ2n) is 12.2. The van der Waals surface area contributed by atoms with Gasteiger partial charge in [0.2, 0.25) is 0 Å². The number of hydrogen-bond acceptors (Lipinski definition) is 8. The zero-order valence-electron chi connectivity index (χ0n) is 24.9. The number of nitrogens with one attached hydrogen (secondary N) is 2. The quantitative estimate of drug-likeness (QED) is 0.234. The van der Waals surface area contributed by atoms with Gasteiger partial charge in [0.25, 0.3) is 0 Å². The van der Waals surface area contributed by atoms with Crippen molar-refractivity contribution in [3.05, 3.63) is 115 Å². The molecule has 4 heterocycles. The molecule has 0 amide bonds. The first-order valence-electron chi connectivity index (χ1n) is 15.7. The topological polar surface area (TPSA) is 84.0 Å². The summed E-state index contributed by atoms with van der Waals surface area (Å²) < 4.78 is 0. The van der Waals surface area contributed by atoms with Crippen molar-refractivity contribution in [3.63, 3.8) is 0 Å². The lowest BCUT2D eigenvalue weighted by Crippen LogP contribution is -2.42. The van der Waals surface area contributed by atoms with E-state index in [4.69, 9.17) is 4.98 Å². The minimum atomic E-state index is -0.576. The van der Waals surface area contributed by atoms with Crippen LogP contribution < -0.4 is 10.6 Å². The number of carbonyl (C=O) groups is 2. The second kappa shape index (κ2) is 10.3. The van der Waals surface area contributed by atoms with Crippen LogP contribution in [-0.2, 0) is 20.4 Å². The number of nitrogens with zero attached hydrogens (tertiary/aromatic N) is 2. The van der Waals surface area contributed by atoms with Crippen LogP contribution in [0.2, 0.25) is 0 Å². The fourth-order valence-electron chi connectivity index (χ4n) is 8.25. The van der Waals surface area contributed by atoms with Gasteiger partial charge in [-0.25, -0.2) is 9.97 Å². The summed E-state index contributed by atoms with van der Waals surface area (Å²) in [5.74, 6) is 1.70. The minimum absolute atomic E-state index is 0.144. The van der Waals surface area contributed by atoms with Gasteiger partial charge in [0.05, 0.1) is 32.0 Å². The van der Waals surface area contributed by atoms with Gasteiger partial charge in [-0.15, -0.1) is 22.7 Å². The molecular weight excluding hydrogens is 585 g/mol. The molecule has 2 aliphatic heterocycles. The number of thiazole rings is 2. The lowest BCUT2D eigenvalue weighted by atomic mass is 9.63. The molecule has 2 N–H and O–H groups in total. The van der Waals surface area contributed by atoms with Crippen molar-refractivity contribution in [3.8, 4) is 0 Å². The molecule has 0 saturated carbocycles. The van der Waals surface area contributed by atoms with Crippen molar-refractivity contribution >= 4 is 45.9 Å². The average Bonchev–Trinajstić information content (AvgIpc) is 3.71. The Morgan fingerprint density at radius 2 is 1.43 bits per heavy atom. The molecule has 0 bridgehead atoms. The lowest BCUT2D eigenvalue weighted by Gasteiger charge is -2.43. The SMILES string of the molecule is CC[C@@]1(c2ccccc2)C2=C(CCC(c3nc4c(s3)[C@@](CC)(c3ccccc3)C3=C(CCCC3=O)N4)C2=O)Nc2ncsc21. The highest BCUT2D eigenvalue weighted by molar-refractivity contribution is 7.12. The fourth-order valence-corrected chi connectivity index (χ4v) is 10.7. The number of benzene rings is 2. The predicted octanol–water partition coefficient (Wildman–Crippen LogP) is 8.25. The number of rotatable bonds is 5. The van der Waals surface area contributed by atoms with Crippen LogP contribution in [-0.4, -0.2) is 21.5 Å². The molecule has 0 radical (unpaired) electrons. The number of fused-ring (bicyclic) bond motifs is 2. The van der Waals surface area contributed by atoms with Crippen molar-refractivity contribution in [2.24, 2.45) is 0 Å². The molecule has 6 nitrogen and oxygen atoms in total. The Labute approximate surface area is 265 Å². The molecule has 3 atom stereocenters. The lowest BCUT2D eigenvalue weighted by molar-refractivity contribution is -0.118. The van der Waals surface area contributed by atoms with Crippen molar-refractivity contribution < 1.29 is 9.59 Å². The van der Waals surface area contributed by atoms with E-state index in [9.17, 15) is 9.59 Å². The molecule has 1 unspecified atom stereocenters. The largest absolute Gasteiger partial charge is 0.342 e. The van der Waals surface area contributed by atoms with Crippen molar-refractivity contribution in [1.29, 1.82) is 0 Å². The van der Waals surface area contributed by atoms with Crippen molar-refractivity contribution in [2.75, 3.05) is 10.6 Å². The Morgan fingerprint density at radius 3 is 2.11 bits per heavy atom. The zero-order chi connectivity index (χ0) is 30.1. The number of aromatic nitrogens is 2. The number of hydrogen-bond donors (Lipinski definition) is 2. The maximum Gasteiger partial charge on any atom is 0.171 e. The third-order valence-electron chi connectivity index (χ3n) is 10.2. The summed E-state index contributed by atoms with van der Waals surface area (Å²) in [7, 11) is 0. The summed E-state index contributed by atoms with van der Waals surface area (Å²) in [5.41, 5.74) is 6.73. The third kappa shape index (κ3) is 3.70. The summed E-state index contributed by atoms with van der Waals surface area (Å²) >= 11 is 3.25. The van der Waals surface area contributed by atoms with Gasteiger partial charge in [-0.1, -0.05) is 74.5 Å². The highest BCUT2D eigenvalue weighted by Crippen LogP contribution is 2.57. The number of allylic oxidation sites excluding steroid dienone is 4. The molecule has 0 saturated heterocycles. The van der Waals surface area contributed by atoms with Crippen LogP contribution in [0.1, 0.15) is 90.6 Å². The standard InChI is InChI=1S/C36H34N4O2S2/c1-3-35(21-12-7-5-8-13-21)27-24(16-11-17-26(27)41)39-33-31(35)44-34(40-33)23-18-19-25-28(29(23)42)36(4-2,22-14-9-6-10-15-22)30-32(38-25)37-20-43-30/h5-10,12-15,20,23,38-39H,3-4,11,16-19H2,1-2H3/t23?,35-,36+/m0/s1. The molecule has 2 aromatic heterocycles. The van der Waals surface area contributed by atoms with Gasteiger partial charge in [0, 0.05) is 29.0 Å². The normalized spacial score (nSPS) is 25.9. The van der Waals surface area contributed by atoms with Crippen molar-refractivity contribution in [2.45, 2.75) is 75.5 Å². The van der Waals surface area contributed by atoms with Gasteiger partial charge in [0.15, 0.2) is 11.6 Å². The van der Waals surface area contributed by atoms with E-state index in [-0.39, 0.29) is 17.5 Å². The van der Waals surface area contributed by atoms with Gasteiger partial charge in [0.1, 0.15) is 16.6 Å². The smallest absolute Gasteiger partial charge is 0.171 e. The first-order chi connectivity index (χ1) is 21.5. The van der Waals surface area contributed by atoms with Crippen LogP contribution in [0.15, 0.2) is 88.7 Å². The monoisotopic (exact) mass is 618 g/mol. The fraction of sp³-hybridized carbons (Fsp3) is 0.333. The number of ketones is 2. The molecular formula is C36H34N4O2S2. The summed E-state index contributed by atoms with van der Waals surface area (Å²) in [4.78, 5) is 40.6. The minimum Gasteiger partial charge on any atom is -0.342 e.